The number of nitrogens with one attached hydrogen (secondary N) is 1. The highest BCUT2D eigenvalue weighted by atomic mass is 32.2. The number of benzene rings is 3. The number of hydrogen-bond acceptors (Lipinski definition) is 5. The van der Waals surface area contributed by atoms with Gasteiger partial charge in [0.05, 0.1) is 21.8 Å². The van der Waals surface area contributed by atoms with Gasteiger partial charge in [0, 0.05) is 17.7 Å². The largest absolute Gasteiger partial charge is 0.352 e. The quantitative estimate of drug-likeness (QED) is 0.170. The molecule has 3 aromatic carbocycles. The molecule has 1 atom stereocenters. The highest BCUT2D eigenvalue weighted by Gasteiger charge is 2.22. The summed E-state index contributed by atoms with van der Waals surface area (Å²) in [6.45, 7) is 12.4. The molecule has 0 aliphatic heterocycles. The minimum absolute atomic E-state index is 0.0351. The first kappa shape index (κ1) is 27.3. The van der Waals surface area contributed by atoms with E-state index in [2.05, 4.69) is 5.32 Å². The lowest BCUT2D eigenvalue weighted by Gasteiger charge is -2.17. The fraction of sp³-hybridized carbons (Fsp3) is 0.290. The molecule has 0 radical (unpaired) electrons. The van der Waals surface area contributed by atoms with Crippen molar-refractivity contribution in [2.24, 2.45) is 0 Å². The molecule has 1 aromatic heterocycles. The van der Waals surface area contributed by atoms with Crippen LogP contribution in [-0.2, 0) is 0 Å². The van der Waals surface area contributed by atoms with Crippen LogP contribution in [0.3, 0.4) is 0 Å². The van der Waals surface area contributed by atoms with E-state index in [-0.39, 0.29) is 17.2 Å². The zero-order chi connectivity index (χ0) is 27.6. The summed E-state index contributed by atoms with van der Waals surface area (Å²) in [5.41, 5.74) is 6.16. The van der Waals surface area contributed by atoms with Crippen molar-refractivity contribution in [2.45, 2.75) is 58.4 Å². The summed E-state index contributed by atoms with van der Waals surface area (Å²) in [7, 11) is 0. The summed E-state index contributed by atoms with van der Waals surface area (Å²) in [5.74, 6) is -0.242. The first-order valence-electron chi connectivity index (χ1n) is 12.8. The van der Waals surface area contributed by atoms with Crippen molar-refractivity contribution in [3.05, 3.63) is 98.3 Å². The third-order valence-corrected chi connectivity index (χ3v) is 7.60. The number of ketones is 1. The molecule has 1 heterocycles. The number of Topliss-reactive ketones (excluding diaryl/α,β-unsaturated/α-hetero) is 1. The number of fused-ring (bicyclic) bond motifs is 1. The van der Waals surface area contributed by atoms with Crippen molar-refractivity contribution >= 4 is 34.4 Å². The Morgan fingerprint density at radius 2 is 1.61 bits per heavy atom. The third-order valence-electron chi connectivity index (χ3n) is 6.54. The van der Waals surface area contributed by atoms with Crippen LogP contribution in [0, 0.1) is 27.7 Å². The summed E-state index contributed by atoms with van der Waals surface area (Å²) >= 11 is 1.25. The number of carbonyl (C=O) groups excluding carboxylic acids is 2. The highest BCUT2D eigenvalue weighted by molar-refractivity contribution is 8.00. The van der Waals surface area contributed by atoms with Gasteiger partial charge in [-0.1, -0.05) is 36.9 Å². The van der Waals surface area contributed by atoms with Gasteiger partial charge in [-0.2, -0.15) is 0 Å². The first-order valence-corrected chi connectivity index (χ1v) is 13.7. The van der Waals surface area contributed by atoms with E-state index < -0.39 is 5.25 Å². The SMILES string of the molecule is CCCNC(=O)c1ccc2c(=O)n(-c3cc(C)cc(C)c3)c(S[C@@H](C)C(=O)c3ccc(C)c(C)c3)nc2c1. The normalized spacial score (nSPS) is 11.9. The monoisotopic (exact) mass is 527 g/mol. The van der Waals surface area contributed by atoms with E-state index in [0.717, 1.165) is 28.7 Å². The summed E-state index contributed by atoms with van der Waals surface area (Å²) < 4.78 is 1.58. The summed E-state index contributed by atoms with van der Waals surface area (Å²) in [6.07, 6.45) is 0.825. The van der Waals surface area contributed by atoms with E-state index in [0.29, 0.717) is 39.4 Å². The maximum absolute atomic E-state index is 13.9. The van der Waals surface area contributed by atoms with E-state index in [1.165, 1.54) is 11.8 Å². The minimum atomic E-state index is -0.491. The van der Waals surface area contributed by atoms with Crippen LogP contribution < -0.4 is 10.9 Å². The number of thioether (sulfide) groups is 1. The number of hydrogen-bond donors (Lipinski definition) is 1. The molecule has 196 valence electrons. The smallest absolute Gasteiger partial charge is 0.266 e. The second-order valence-corrected chi connectivity index (χ2v) is 11.1. The molecule has 7 heteroatoms. The zero-order valence-corrected chi connectivity index (χ0v) is 23.5. The molecule has 0 aliphatic carbocycles. The number of aryl methyl sites for hydroxylation is 4. The van der Waals surface area contributed by atoms with E-state index in [1.807, 2.05) is 77.9 Å². The molecule has 0 aliphatic rings. The van der Waals surface area contributed by atoms with E-state index in [9.17, 15) is 14.4 Å². The first-order chi connectivity index (χ1) is 18.1. The van der Waals surface area contributed by atoms with Crippen molar-refractivity contribution in [1.29, 1.82) is 0 Å². The van der Waals surface area contributed by atoms with E-state index in [4.69, 9.17) is 4.98 Å². The second kappa shape index (κ2) is 11.4. The van der Waals surface area contributed by atoms with Gasteiger partial charge in [-0.25, -0.2) is 4.98 Å². The minimum Gasteiger partial charge on any atom is -0.352 e. The number of nitrogens with zero attached hydrogens (tertiary/aromatic N) is 2. The molecule has 0 saturated carbocycles. The predicted octanol–water partition coefficient (Wildman–Crippen LogP) is 6.12. The van der Waals surface area contributed by atoms with Gasteiger partial charge in [-0.3, -0.25) is 19.0 Å². The Morgan fingerprint density at radius 3 is 2.26 bits per heavy atom. The van der Waals surface area contributed by atoms with E-state index >= 15 is 0 Å². The molecular weight excluding hydrogens is 494 g/mol. The second-order valence-electron chi connectivity index (χ2n) is 9.79. The van der Waals surface area contributed by atoms with Crippen molar-refractivity contribution in [1.82, 2.24) is 14.9 Å². The van der Waals surface area contributed by atoms with Gasteiger partial charge < -0.3 is 5.32 Å². The molecule has 1 amide bonds. The molecule has 0 unspecified atom stereocenters. The average molecular weight is 528 g/mol. The molecule has 0 saturated heterocycles. The van der Waals surface area contributed by atoms with Crippen molar-refractivity contribution in [3.8, 4) is 5.69 Å². The molecule has 0 spiro atoms. The molecule has 4 aromatic rings. The lowest BCUT2D eigenvalue weighted by Crippen LogP contribution is -2.25. The van der Waals surface area contributed by atoms with Gasteiger partial charge >= 0.3 is 0 Å². The molecule has 38 heavy (non-hydrogen) atoms. The lowest BCUT2D eigenvalue weighted by molar-refractivity contribution is 0.0952. The van der Waals surface area contributed by atoms with Crippen LogP contribution in [-0.4, -0.2) is 33.0 Å². The Kier molecular flexibility index (Phi) is 8.17. The Morgan fingerprint density at radius 1 is 0.921 bits per heavy atom. The summed E-state index contributed by atoms with van der Waals surface area (Å²) in [4.78, 5) is 44.6. The van der Waals surface area contributed by atoms with Crippen LogP contribution >= 0.6 is 11.8 Å². The number of amides is 1. The number of carbonyl (C=O) groups is 2. The van der Waals surface area contributed by atoms with Crippen LogP contribution in [0.15, 0.2) is 64.5 Å². The van der Waals surface area contributed by atoms with Gasteiger partial charge in [-0.15, -0.1) is 0 Å². The Bertz CT molecular complexity index is 1590. The standard InChI is InChI=1S/C31H33N3O3S/c1-7-12-32-29(36)24-10-11-26-27(17-24)33-31(34(30(26)37)25-14-18(2)13-19(3)15-25)38-22(6)28(35)23-9-8-20(4)21(5)16-23/h8-11,13-17,22H,7,12H2,1-6H3,(H,32,36)/t22-/m0/s1. The van der Waals surface area contributed by atoms with Crippen LogP contribution in [0.2, 0.25) is 0 Å². The molecule has 1 N–H and O–H groups in total. The maximum atomic E-state index is 13.9. The van der Waals surface area contributed by atoms with Crippen molar-refractivity contribution < 1.29 is 9.59 Å². The Balaban J connectivity index is 1.84. The third kappa shape index (κ3) is 5.73. The number of aromatic nitrogens is 2. The molecule has 0 fully saturated rings. The lowest BCUT2D eigenvalue weighted by atomic mass is 10.0. The summed E-state index contributed by atoms with van der Waals surface area (Å²) in [6, 6.07) is 16.6. The zero-order valence-electron chi connectivity index (χ0n) is 22.7. The topological polar surface area (TPSA) is 81.1 Å². The van der Waals surface area contributed by atoms with Crippen LogP contribution in [0.4, 0.5) is 0 Å². The highest BCUT2D eigenvalue weighted by Crippen LogP contribution is 2.28. The van der Waals surface area contributed by atoms with Gasteiger partial charge in [0.25, 0.3) is 11.5 Å². The summed E-state index contributed by atoms with van der Waals surface area (Å²) in [5, 5.41) is 3.19. The van der Waals surface area contributed by atoms with Gasteiger partial charge in [0.1, 0.15) is 0 Å². The van der Waals surface area contributed by atoms with Crippen molar-refractivity contribution in [3.63, 3.8) is 0 Å². The molecule has 6 nitrogen and oxygen atoms in total. The Hall–Kier alpha value is -3.71. The van der Waals surface area contributed by atoms with Gasteiger partial charge in [0.15, 0.2) is 10.9 Å². The van der Waals surface area contributed by atoms with Crippen molar-refractivity contribution in [2.75, 3.05) is 6.54 Å². The van der Waals surface area contributed by atoms with Gasteiger partial charge in [0.2, 0.25) is 0 Å². The van der Waals surface area contributed by atoms with Gasteiger partial charge in [-0.05, 0) is 99.7 Å². The average Bonchev–Trinajstić information content (AvgIpc) is 2.87. The fourth-order valence-corrected chi connectivity index (χ4v) is 5.38. The fourth-order valence-electron chi connectivity index (χ4n) is 4.37. The van der Waals surface area contributed by atoms with E-state index in [1.54, 1.807) is 22.8 Å². The predicted molar refractivity (Wildman–Crippen MR) is 155 cm³/mol. The molecular formula is C31H33N3O3S. The van der Waals surface area contributed by atoms with Crippen LogP contribution in [0.25, 0.3) is 16.6 Å². The maximum Gasteiger partial charge on any atom is 0.266 e. The molecule has 0 bridgehead atoms. The Labute approximate surface area is 227 Å². The molecule has 4 rings (SSSR count). The number of rotatable bonds is 8. The van der Waals surface area contributed by atoms with Crippen LogP contribution in [0.1, 0.15) is 63.2 Å². The van der Waals surface area contributed by atoms with Crippen LogP contribution in [0.5, 0.6) is 0 Å².